The van der Waals surface area contributed by atoms with Crippen molar-refractivity contribution in [2.75, 3.05) is 37.6 Å². The van der Waals surface area contributed by atoms with Crippen LogP contribution in [-0.4, -0.2) is 60.5 Å². The number of carbonyl (C=O) groups is 1. The summed E-state index contributed by atoms with van der Waals surface area (Å²) >= 11 is 6.14. The van der Waals surface area contributed by atoms with Gasteiger partial charge in [0.25, 0.3) is 0 Å². The van der Waals surface area contributed by atoms with Gasteiger partial charge in [-0.2, -0.15) is 13.2 Å². The highest BCUT2D eigenvalue weighted by molar-refractivity contribution is 6.30. The zero-order valence-electron chi connectivity index (χ0n) is 21.6. The van der Waals surface area contributed by atoms with Gasteiger partial charge in [-0.3, -0.25) is 9.69 Å². The van der Waals surface area contributed by atoms with Gasteiger partial charge >= 0.3 is 6.18 Å². The third-order valence-electron chi connectivity index (χ3n) is 7.53. The molecule has 3 aromatic rings. The maximum Gasteiger partial charge on any atom is 0.416 e. The topological polar surface area (TPSA) is 38.8 Å². The minimum absolute atomic E-state index is 0.0849. The van der Waals surface area contributed by atoms with Crippen LogP contribution in [0.25, 0.3) is 0 Å². The lowest BCUT2D eigenvalue weighted by Crippen LogP contribution is -2.53. The number of likely N-dealkylation sites (tertiary alicyclic amines) is 1. The van der Waals surface area contributed by atoms with Crippen LogP contribution in [0.4, 0.5) is 18.9 Å². The predicted molar refractivity (Wildman–Crippen MR) is 148 cm³/mol. The zero-order chi connectivity index (χ0) is 27.4. The minimum Gasteiger partial charge on any atom is -0.368 e. The molecule has 0 radical (unpaired) electrons. The maximum atomic E-state index is 13.8. The Labute approximate surface area is 232 Å². The highest BCUT2D eigenvalue weighted by Gasteiger charge is 2.39. The molecule has 5 nitrogen and oxygen atoms in total. The summed E-state index contributed by atoms with van der Waals surface area (Å²) in [5.41, 5.74) is 2.13. The molecule has 2 heterocycles. The lowest BCUT2D eigenvalue weighted by molar-refractivity contribution is -0.137. The fourth-order valence-corrected chi connectivity index (χ4v) is 5.70. The number of amides is 1. The molecular formula is C30H32ClF3N4O. The first-order valence-corrected chi connectivity index (χ1v) is 13.6. The van der Waals surface area contributed by atoms with Crippen LogP contribution in [0.5, 0.6) is 0 Å². The summed E-state index contributed by atoms with van der Waals surface area (Å²) in [7, 11) is 0. The molecule has 0 aromatic heterocycles. The van der Waals surface area contributed by atoms with Gasteiger partial charge in [-0.1, -0.05) is 60.1 Å². The van der Waals surface area contributed by atoms with Gasteiger partial charge in [0.05, 0.1) is 11.6 Å². The van der Waals surface area contributed by atoms with E-state index in [4.69, 9.17) is 11.6 Å². The number of carbonyl (C=O) groups excluding carboxylic acids is 1. The van der Waals surface area contributed by atoms with Crippen molar-refractivity contribution >= 4 is 23.2 Å². The van der Waals surface area contributed by atoms with Gasteiger partial charge in [-0.25, -0.2) is 0 Å². The number of halogens is 4. The number of rotatable bonds is 7. The van der Waals surface area contributed by atoms with E-state index in [0.717, 1.165) is 23.7 Å². The molecular weight excluding hydrogens is 525 g/mol. The second-order valence-corrected chi connectivity index (χ2v) is 10.7. The van der Waals surface area contributed by atoms with Crippen molar-refractivity contribution in [1.29, 1.82) is 0 Å². The summed E-state index contributed by atoms with van der Waals surface area (Å²) in [5, 5.41) is 4.30. The molecule has 2 aliphatic rings. The first kappa shape index (κ1) is 27.5. The van der Waals surface area contributed by atoms with Crippen molar-refractivity contribution in [3.05, 3.63) is 101 Å². The van der Waals surface area contributed by atoms with Crippen molar-refractivity contribution < 1.29 is 18.0 Å². The molecule has 39 heavy (non-hydrogen) atoms. The van der Waals surface area contributed by atoms with E-state index >= 15 is 0 Å². The number of hydrogen-bond acceptors (Lipinski definition) is 4. The molecule has 1 N–H and O–H groups in total. The molecule has 0 spiro atoms. The second kappa shape index (κ2) is 12.0. The van der Waals surface area contributed by atoms with Crippen LogP contribution in [0, 0.1) is 0 Å². The SMILES string of the molecule is O=C([C@@H]1C[C@@H](NCc2cccc(Cl)c2)CN1Cc1ccccc1)N1CCN(c2cccc(C(F)(F)F)c2)CC1. The van der Waals surface area contributed by atoms with E-state index in [1.807, 2.05) is 52.3 Å². The fraction of sp³-hybridized carbons (Fsp3) is 0.367. The number of anilines is 1. The molecule has 5 rings (SSSR count). The van der Waals surface area contributed by atoms with Crippen molar-refractivity contribution in [2.24, 2.45) is 0 Å². The van der Waals surface area contributed by atoms with Crippen molar-refractivity contribution in [3.63, 3.8) is 0 Å². The number of nitrogens with zero attached hydrogens (tertiary/aromatic N) is 3. The summed E-state index contributed by atoms with van der Waals surface area (Å²) in [6, 6.07) is 23.2. The van der Waals surface area contributed by atoms with Crippen LogP contribution in [0.2, 0.25) is 5.02 Å². The lowest BCUT2D eigenvalue weighted by Gasteiger charge is -2.38. The van der Waals surface area contributed by atoms with E-state index in [0.29, 0.717) is 56.4 Å². The highest BCUT2D eigenvalue weighted by Crippen LogP contribution is 2.32. The number of hydrogen-bond donors (Lipinski definition) is 1. The van der Waals surface area contributed by atoms with Gasteiger partial charge in [0.15, 0.2) is 0 Å². The molecule has 2 aliphatic heterocycles. The standard InChI is InChI=1S/C30H32ClF3N4O/c31-25-10-4-8-23(16-25)19-35-26-18-28(38(21-26)20-22-6-2-1-3-7-22)29(39)37-14-12-36(13-15-37)27-11-5-9-24(17-27)30(32,33)34/h1-11,16-17,26,28,35H,12-15,18-21H2/t26-,28+/m1/s1. The van der Waals surface area contributed by atoms with E-state index in [1.165, 1.54) is 12.1 Å². The average Bonchev–Trinajstić information content (AvgIpc) is 3.34. The molecule has 206 valence electrons. The van der Waals surface area contributed by atoms with Crippen molar-refractivity contribution in [3.8, 4) is 0 Å². The predicted octanol–water partition coefficient (Wildman–Crippen LogP) is 5.44. The Kier molecular flexibility index (Phi) is 8.45. The van der Waals surface area contributed by atoms with Crippen LogP contribution in [0.1, 0.15) is 23.1 Å². The van der Waals surface area contributed by atoms with Crippen molar-refractivity contribution in [2.45, 2.75) is 37.8 Å². The van der Waals surface area contributed by atoms with Gasteiger partial charge < -0.3 is 15.1 Å². The third kappa shape index (κ3) is 6.93. The van der Waals surface area contributed by atoms with Gasteiger partial charge in [0.2, 0.25) is 5.91 Å². The molecule has 0 saturated carbocycles. The zero-order valence-corrected chi connectivity index (χ0v) is 22.3. The molecule has 0 unspecified atom stereocenters. The van der Waals surface area contributed by atoms with E-state index in [2.05, 4.69) is 22.3 Å². The Morgan fingerprint density at radius 1 is 0.897 bits per heavy atom. The summed E-state index contributed by atoms with van der Waals surface area (Å²) < 4.78 is 39.5. The van der Waals surface area contributed by atoms with Gasteiger partial charge in [-0.15, -0.1) is 0 Å². The monoisotopic (exact) mass is 556 g/mol. The molecule has 2 atom stereocenters. The Morgan fingerprint density at radius 2 is 1.62 bits per heavy atom. The number of alkyl halides is 3. The van der Waals surface area contributed by atoms with E-state index in [-0.39, 0.29) is 18.0 Å². The van der Waals surface area contributed by atoms with Gasteiger partial charge in [0, 0.05) is 62.6 Å². The van der Waals surface area contributed by atoms with Crippen LogP contribution in [0.3, 0.4) is 0 Å². The van der Waals surface area contributed by atoms with Gasteiger partial charge in [0.1, 0.15) is 0 Å². The van der Waals surface area contributed by atoms with Crippen LogP contribution >= 0.6 is 11.6 Å². The molecule has 1 amide bonds. The average molecular weight is 557 g/mol. The van der Waals surface area contributed by atoms with Crippen molar-refractivity contribution in [1.82, 2.24) is 15.1 Å². The number of piperazine rings is 1. The van der Waals surface area contributed by atoms with Crippen LogP contribution in [0.15, 0.2) is 78.9 Å². The fourth-order valence-electron chi connectivity index (χ4n) is 5.48. The highest BCUT2D eigenvalue weighted by atomic mass is 35.5. The minimum atomic E-state index is -4.38. The number of nitrogens with one attached hydrogen (secondary N) is 1. The largest absolute Gasteiger partial charge is 0.416 e. The molecule has 0 bridgehead atoms. The Bertz CT molecular complexity index is 1260. The summed E-state index contributed by atoms with van der Waals surface area (Å²) in [6.45, 7) is 4.04. The van der Waals surface area contributed by atoms with E-state index in [9.17, 15) is 18.0 Å². The summed E-state index contributed by atoms with van der Waals surface area (Å²) in [5.74, 6) is 0.0849. The molecule has 2 saturated heterocycles. The Balaban J connectivity index is 1.24. The Morgan fingerprint density at radius 3 is 2.33 bits per heavy atom. The first-order chi connectivity index (χ1) is 18.8. The van der Waals surface area contributed by atoms with Crippen LogP contribution < -0.4 is 10.2 Å². The molecule has 0 aliphatic carbocycles. The molecule has 9 heteroatoms. The van der Waals surface area contributed by atoms with Gasteiger partial charge in [-0.05, 0) is 47.9 Å². The normalized spacial score (nSPS) is 20.4. The maximum absolute atomic E-state index is 13.8. The summed E-state index contributed by atoms with van der Waals surface area (Å²) in [4.78, 5) is 19.8. The lowest BCUT2D eigenvalue weighted by atomic mass is 10.1. The van der Waals surface area contributed by atoms with E-state index < -0.39 is 11.7 Å². The third-order valence-corrected chi connectivity index (χ3v) is 7.77. The van der Waals surface area contributed by atoms with Crippen LogP contribution in [-0.2, 0) is 24.1 Å². The Hall–Kier alpha value is -3.07. The molecule has 3 aromatic carbocycles. The van der Waals surface area contributed by atoms with E-state index in [1.54, 1.807) is 6.07 Å². The summed E-state index contributed by atoms with van der Waals surface area (Å²) in [6.07, 6.45) is -3.68. The first-order valence-electron chi connectivity index (χ1n) is 13.2. The smallest absolute Gasteiger partial charge is 0.368 e. The quantitative estimate of drug-likeness (QED) is 0.421. The number of benzene rings is 3. The molecule has 2 fully saturated rings. The second-order valence-electron chi connectivity index (χ2n) is 10.2.